The van der Waals surface area contributed by atoms with Crippen LogP contribution in [0.4, 0.5) is 0 Å². The first-order valence-corrected chi connectivity index (χ1v) is 7.43. The minimum absolute atomic E-state index is 0.243. The van der Waals surface area contributed by atoms with Crippen molar-refractivity contribution < 1.29 is 17.2 Å². The number of hydrogen-bond donors (Lipinski definition) is 0. The summed E-state index contributed by atoms with van der Waals surface area (Å²) in [5.41, 5.74) is 2.56. The molecule has 0 bridgehead atoms. The van der Waals surface area contributed by atoms with Crippen LogP contribution >= 0.6 is 0 Å². The van der Waals surface area contributed by atoms with Crippen molar-refractivity contribution in [3.63, 3.8) is 0 Å². The number of nitrogens with zero attached hydrogens (tertiary/aromatic N) is 2. The molecule has 2 aromatic heterocycles. The van der Waals surface area contributed by atoms with Crippen LogP contribution in [0.2, 0.25) is 0 Å². The minimum Gasteiger partial charge on any atom is -0.455 e. The summed E-state index contributed by atoms with van der Waals surface area (Å²) in [5.74, 6) is 0. The van der Waals surface area contributed by atoms with E-state index in [4.69, 9.17) is 12.6 Å². The summed E-state index contributed by atoms with van der Waals surface area (Å²) in [5, 5.41) is 10.9. The van der Waals surface area contributed by atoms with Crippen molar-refractivity contribution in [3.05, 3.63) is 65.3 Å². The molecule has 0 atom stereocenters. The Morgan fingerprint density at radius 1 is 1.29 bits per heavy atom. The van der Waals surface area contributed by atoms with Crippen molar-refractivity contribution in [2.24, 2.45) is 7.05 Å². The van der Waals surface area contributed by atoms with Gasteiger partial charge in [0.25, 0.3) is 0 Å². The quantitative estimate of drug-likeness (QED) is 0.482. The van der Waals surface area contributed by atoms with Crippen LogP contribution in [0.15, 0.2) is 53.0 Å². The van der Waals surface area contributed by atoms with Gasteiger partial charge in [0, 0.05) is 32.5 Å². The van der Waals surface area contributed by atoms with Crippen molar-refractivity contribution in [2.75, 3.05) is 0 Å². The fraction of sp³-hybridized carbons (Fsp3) is 0.143. The molecule has 4 aromatic rings. The SMILES string of the molecule is [2H]c1c(C([2H])([2H])[2H])c([2H])c(-c2ccc3oc4c(C#N)cccc4c3c2C)[n+](C)c1[2H]. The molecule has 0 radical (unpaired) electrons. The second kappa shape index (κ2) is 5.21. The first-order chi connectivity index (χ1) is 14.1. The van der Waals surface area contributed by atoms with E-state index in [1.165, 1.54) is 4.57 Å². The number of fused-ring (bicyclic) bond motifs is 3. The maximum Gasteiger partial charge on any atom is 0.212 e. The van der Waals surface area contributed by atoms with Gasteiger partial charge in [0.1, 0.15) is 20.1 Å². The molecule has 0 fully saturated rings. The first kappa shape index (κ1) is 9.24. The van der Waals surface area contributed by atoms with Crippen LogP contribution in [-0.2, 0) is 7.05 Å². The lowest BCUT2D eigenvalue weighted by molar-refractivity contribution is -0.660. The number of aromatic nitrogens is 1. The van der Waals surface area contributed by atoms with Gasteiger partial charge in [0.2, 0.25) is 5.69 Å². The molecule has 0 spiro atoms. The molecule has 0 unspecified atom stereocenters. The van der Waals surface area contributed by atoms with E-state index in [0.717, 1.165) is 16.3 Å². The largest absolute Gasteiger partial charge is 0.455 e. The van der Waals surface area contributed by atoms with Gasteiger partial charge in [-0.1, -0.05) is 12.1 Å². The summed E-state index contributed by atoms with van der Waals surface area (Å²) in [6, 6.07) is 10.1. The van der Waals surface area contributed by atoms with Crippen molar-refractivity contribution in [1.82, 2.24) is 0 Å². The van der Waals surface area contributed by atoms with Crippen LogP contribution in [0.5, 0.6) is 0 Å². The molecule has 116 valence electrons. The lowest BCUT2D eigenvalue weighted by atomic mass is 9.98. The second-order valence-corrected chi connectivity index (χ2v) is 5.65. The molecule has 24 heavy (non-hydrogen) atoms. The number of para-hydroxylation sites is 1. The number of hydrogen-bond acceptors (Lipinski definition) is 2. The first-order valence-electron chi connectivity index (χ1n) is 10.4. The second-order valence-electron chi connectivity index (χ2n) is 5.65. The zero-order valence-electron chi connectivity index (χ0n) is 19.2. The molecule has 0 aliphatic heterocycles. The van der Waals surface area contributed by atoms with Gasteiger partial charge < -0.3 is 4.42 Å². The van der Waals surface area contributed by atoms with E-state index < -0.39 is 18.5 Å². The zero-order valence-corrected chi connectivity index (χ0v) is 13.2. The third-order valence-corrected chi connectivity index (χ3v) is 4.23. The van der Waals surface area contributed by atoms with Crippen LogP contribution in [-0.4, -0.2) is 0 Å². The molecule has 0 aliphatic carbocycles. The molecule has 0 aliphatic rings. The van der Waals surface area contributed by atoms with E-state index in [9.17, 15) is 5.26 Å². The third-order valence-electron chi connectivity index (χ3n) is 4.23. The van der Waals surface area contributed by atoms with E-state index in [2.05, 4.69) is 6.07 Å². The molecular weight excluding hydrogens is 296 g/mol. The number of pyridine rings is 1. The van der Waals surface area contributed by atoms with Crippen molar-refractivity contribution in [3.8, 4) is 17.3 Å². The number of benzene rings is 2. The van der Waals surface area contributed by atoms with Crippen LogP contribution in [0.25, 0.3) is 33.2 Å². The van der Waals surface area contributed by atoms with Gasteiger partial charge in [0.05, 0.1) is 8.30 Å². The number of rotatable bonds is 1. The molecule has 2 aromatic carbocycles. The molecule has 3 heteroatoms. The standard InChI is InChI=1S/C21H17N2O/c1-13-9-10-23(3)18(11-13)16-7-8-19-20(14(16)2)17-6-4-5-15(12-22)21(17)24-19/h4-11H,1-3H3/q+1/i1D3,9D,10D,11D. The minimum atomic E-state index is -2.69. The van der Waals surface area contributed by atoms with Gasteiger partial charge >= 0.3 is 0 Å². The van der Waals surface area contributed by atoms with Crippen LogP contribution < -0.4 is 4.57 Å². The Labute approximate surface area is 148 Å². The Kier molecular flexibility index (Phi) is 2.01. The Bertz CT molecular complexity index is 1400. The fourth-order valence-corrected chi connectivity index (χ4v) is 3.08. The number of nitriles is 1. The van der Waals surface area contributed by atoms with Gasteiger partial charge in [0.15, 0.2) is 11.8 Å². The van der Waals surface area contributed by atoms with E-state index in [1.54, 1.807) is 31.3 Å². The van der Waals surface area contributed by atoms with E-state index in [0.29, 0.717) is 22.3 Å². The summed E-state index contributed by atoms with van der Waals surface area (Å²) in [7, 11) is 1.54. The summed E-state index contributed by atoms with van der Waals surface area (Å²) in [6.45, 7) is -0.854. The van der Waals surface area contributed by atoms with Crippen LogP contribution in [0.1, 0.15) is 24.9 Å². The smallest absolute Gasteiger partial charge is 0.212 e. The third kappa shape index (κ3) is 2.00. The predicted molar refractivity (Wildman–Crippen MR) is 94.5 cm³/mol. The molecule has 4 rings (SSSR count). The summed E-state index contributed by atoms with van der Waals surface area (Å²) in [6.07, 6.45) is -0.282. The van der Waals surface area contributed by atoms with Gasteiger partial charge in [-0.3, -0.25) is 0 Å². The van der Waals surface area contributed by atoms with Gasteiger partial charge in [-0.2, -0.15) is 5.26 Å². The lowest BCUT2D eigenvalue weighted by Gasteiger charge is -2.06. The Morgan fingerprint density at radius 2 is 2.17 bits per heavy atom. The molecular formula is C21H17N2O+. The molecule has 3 nitrogen and oxygen atoms in total. The maximum absolute atomic E-state index is 9.37. The Morgan fingerprint density at radius 3 is 2.96 bits per heavy atom. The van der Waals surface area contributed by atoms with Crippen LogP contribution in [0, 0.1) is 25.1 Å². The topological polar surface area (TPSA) is 40.8 Å². The maximum atomic E-state index is 9.37. The summed E-state index contributed by atoms with van der Waals surface area (Å²) in [4.78, 5) is 0. The molecule has 0 N–H and O–H groups in total. The monoisotopic (exact) mass is 319 g/mol. The molecule has 0 saturated carbocycles. The highest BCUT2D eigenvalue weighted by Gasteiger charge is 2.18. The van der Waals surface area contributed by atoms with Gasteiger partial charge in [-0.15, -0.1) is 0 Å². The van der Waals surface area contributed by atoms with E-state index in [-0.39, 0.29) is 17.9 Å². The molecule has 0 amide bonds. The van der Waals surface area contributed by atoms with E-state index in [1.807, 2.05) is 13.0 Å². The highest BCUT2D eigenvalue weighted by molar-refractivity contribution is 6.09. The average molecular weight is 319 g/mol. The zero-order chi connectivity index (χ0) is 22.0. The van der Waals surface area contributed by atoms with Crippen molar-refractivity contribution >= 4 is 21.9 Å². The highest BCUT2D eigenvalue weighted by Crippen LogP contribution is 2.36. The van der Waals surface area contributed by atoms with Gasteiger partial charge in [-0.25, -0.2) is 4.57 Å². The van der Waals surface area contributed by atoms with E-state index >= 15 is 0 Å². The molecule has 0 saturated heterocycles. The Balaban J connectivity index is 2.14. The fourth-order valence-electron chi connectivity index (χ4n) is 3.08. The lowest BCUT2D eigenvalue weighted by Crippen LogP contribution is -2.30. The number of furan rings is 1. The van der Waals surface area contributed by atoms with Crippen molar-refractivity contribution in [2.45, 2.75) is 13.8 Å². The number of aryl methyl sites for hydroxylation is 1. The Hall–Kier alpha value is -3.12. The molecule has 2 heterocycles. The predicted octanol–water partition coefficient (Wildman–Crippen LogP) is 4.57. The van der Waals surface area contributed by atoms with Crippen molar-refractivity contribution in [1.29, 1.82) is 5.26 Å². The average Bonchev–Trinajstić information content (AvgIpc) is 3.06. The highest BCUT2D eigenvalue weighted by atomic mass is 16.3. The summed E-state index contributed by atoms with van der Waals surface area (Å²) >= 11 is 0. The van der Waals surface area contributed by atoms with Crippen LogP contribution in [0.3, 0.4) is 0 Å². The summed E-state index contributed by atoms with van der Waals surface area (Å²) < 4.78 is 55.4. The van der Waals surface area contributed by atoms with Gasteiger partial charge in [-0.05, 0) is 43.1 Å². The normalized spacial score (nSPS) is 15.2.